The van der Waals surface area contributed by atoms with E-state index in [1.165, 1.54) is 0 Å². The number of carbonyl (C=O) groups is 2. The molecule has 0 aliphatic carbocycles. The smallest absolute Gasteiger partial charge is 0.250 e. The summed E-state index contributed by atoms with van der Waals surface area (Å²) in [7, 11) is 0. The average Bonchev–Trinajstić information content (AvgIpc) is 2.50. The lowest BCUT2D eigenvalue weighted by Crippen LogP contribution is -2.61. The largest absolute Gasteiger partial charge is 0.339 e. The molecule has 21 heavy (non-hydrogen) atoms. The summed E-state index contributed by atoms with van der Waals surface area (Å²) in [6, 6.07) is 8.49. The third-order valence-corrected chi connectivity index (χ3v) is 4.88. The monoisotopic (exact) mass is 306 g/mol. The molecule has 2 rings (SSSR count). The average molecular weight is 306 g/mol. The highest BCUT2D eigenvalue weighted by Gasteiger charge is 2.40. The topological polar surface area (TPSA) is 49.4 Å². The number of benzene rings is 1. The molecule has 0 bridgehead atoms. The lowest BCUT2D eigenvalue weighted by Gasteiger charge is -2.41. The molecule has 0 spiro atoms. The number of carbonyl (C=O) groups excluding carboxylic acids is 2. The molecule has 3 unspecified atom stereocenters. The number of hydrogen-bond donors (Lipinski definition) is 1. The van der Waals surface area contributed by atoms with Crippen molar-refractivity contribution in [3.8, 4) is 0 Å². The SMILES string of the molecule is CCSCC(C)N1C(=O)C(c2ccccc2)NC(=O)C1C. The van der Waals surface area contributed by atoms with Gasteiger partial charge in [0.1, 0.15) is 12.1 Å². The maximum Gasteiger partial charge on any atom is 0.250 e. The van der Waals surface area contributed by atoms with Gasteiger partial charge in [0.15, 0.2) is 0 Å². The van der Waals surface area contributed by atoms with Crippen molar-refractivity contribution in [1.82, 2.24) is 10.2 Å². The summed E-state index contributed by atoms with van der Waals surface area (Å²) < 4.78 is 0. The molecule has 0 aromatic heterocycles. The molecule has 1 aromatic carbocycles. The summed E-state index contributed by atoms with van der Waals surface area (Å²) in [5.41, 5.74) is 0.836. The van der Waals surface area contributed by atoms with E-state index in [1.807, 2.05) is 37.3 Å². The Morgan fingerprint density at radius 2 is 1.95 bits per heavy atom. The Hall–Kier alpha value is -1.49. The molecule has 0 radical (unpaired) electrons. The van der Waals surface area contributed by atoms with Gasteiger partial charge in [0.25, 0.3) is 5.91 Å². The number of piperazine rings is 1. The first-order valence-electron chi connectivity index (χ1n) is 7.31. The third kappa shape index (κ3) is 3.40. The highest BCUT2D eigenvalue weighted by atomic mass is 32.2. The van der Waals surface area contributed by atoms with Gasteiger partial charge in [-0.1, -0.05) is 37.3 Å². The minimum Gasteiger partial charge on any atom is -0.339 e. The van der Waals surface area contributed by atoms with Crippen LogP contribution in [0.5, 0.6) is 0 Å². The zero-order chi connectivity index (χ0) is 15.4. The predicted molar refractivity (Wildman–Crippen MR) is 86.1 cm³/mol. The van der Waals surface area contributed by atoms with Gasteiger partial charge in [-0.25, -0.2) is 0 Å². The van der Waals surface area contributed by atoms with E-state index in [0.717, 1.165) is 17.1 Å². The van der Waals surface area contributed by atoms with E-state index in [2.05, 4.69) is 12.2 Å². The Bertz CT molecular complexity index is 506. The van der Waals surface area contributed by atoms with E-state index in [-0.39, 0.29) is 17.9 Å². The predicted octanol–water partition coefficient (Wildman–Crippen LogP) is 2.22. The van der Waals surface area contributed by atoms with Crippen LogP contribution in [0.25, 0.3) is 0 Å². The van der Waals surface area contributed by atoms with Crippen LogP contribution in [0.2, 0.25) is 0 Å². The number of thioether (sulfide) groups is 1. The van der Waals surface area contributed by atoms with Gasteiger partial charge < -0.3 is 10.2 Å². The van der Waals surface area contributed by atoms with Gasteiger partial charge in [-0.3, -0.25) is 9.59 Å². The molecule has 114 valence electrons. The third-order valence-electron chi connectivity index (χ3n) is 3.76. The fraction of sp³-hybridized carbons (Fsp3) is 0.500. The highest BCUT2D eigenvalue weighted by Crippen LogP contribution is 2.25. The molecule has 1 aliphatic heterocycles. The molecule has 1 aliphatic rings. The van der Waals surface area contributed by atoms with Crippen LogP contribution in [0.1, 0.15) is 32.4 Å². The van der Waals surface area contributed by atoms with Gasteiger partial charge in [0, 0.05) is 11.8 Å². The Balaban J connectivity index is 2.23. The fourth-order valence-electron chi connectivity index (χ4n) is 2.63. The first-order chi connectivity index (χ1) is 10.1. The molecule has 2 amide bonds. The minimum atomic E-state index is -0.566. The van der Waals surface area contributed by atoms with E-state index in [1.54, 1.807) is 23.6 Å². The van der Waals surface area contributed by atoms with Gasteiger partial charge in [-0.2, -0.15) is 11.8 Å². The molecular weight excluding hydrogens is 284 g/mol. The Kier molecular flexibility index (Phi) is 5.28. The number of rotatable bonds is 5. The van der Waals surface area contributed by atoms with Crippen molar-refractivity contribution < 1.29 is 9.59 Å². The van der Waals surface area contributed by atoms with Crippen LogP contribution in [0.3, 0.4) is 0 Å². The number of nitrogens with one attached hydrogen (secondary N) is 1. The van der Waals surface area contributed by atoms with Crippen molar-refractivity contribution in [3.05, 3.63) is 35.9 Å². The second-order valence-corrected chi connectivity index (χ2v) is 6.60. The normalized spacial score (nSPS) is 23.9. The van der Waals surface area contributed by atoms with Gasteiger partial charge in [0.05, 0.1) is 0 Å². The molecule has 5 heteroatoms. The molecule has 1 aromatic rings. The van der Waals surface area contributed by atoms with Crippen molar-refractivity contribution in [2.75, 3.05) is 11.5 Å². The van der Waals surface area contributed by atoms with E-state index in [4.69, 9.17) is 0 Å². The van der Waals surface area contributed by atoms with Crippen LogP contribution in [0, 0.1) is 0 Å². The molecule has 1 saturated heterocycles. The Morgan fingerprint density at radius 1 is 1.29 bits per heavy atom. The fourth-order valence-corrected chi connectivity index (χ4v) is 3.37. The van der Waals surface area contributed by atoms with Gasteiger partial charge >= 0.3 is 0 Å². The quantitative estimate of drug-likeness (QED) is 0.907. The zero-order valence-corrected chi connectivity index (χ0v) is 13.5. The van der Waals surface area contributed by atoms with E-state index >= 15 is 0 Å². The van der Waals surface area contributed by atoms with Crippen molar-refractivity contribution in [2.24, 2.45) is 0 Å². The lowest BCUT2D eigenvalue weighted by atomic mass is 9.99. The Morgan fingerprint density at radius 3 is 2.57 bits per heavy atom. The highest BCUT2D eigenvalue weighted by molar-refractivity contribution is 7.99. The summed E-state index contributed by atoms with van der Waals surface area (Å²) in [5, 5.41) is 2.84. The molecule has 4 nitrogen and oxygen atoms in total. The summed E-state index contributed by atoms with van der Waals surface area (Å²) in [5.74, 6) is 1.76. The number of hydrogen-bond acceptors (Lipinski definition) is 3. The van der Waals surface area contributed by atoms with Crippen LogP contribution in [0.4, 0.5) is 0 Å². The standard InChI is InChI=1S/C16H22N2O2S/c1-4-21-10-11(2)18-12(3)15(19)17-14(16(18)20)13-8-6-5-7-9-13/h5-9,11-12,14H,4,10H2,1-3H3,(H,17,19). The van der Waals surface area contributed by atoms with Gasteiger partial charge in [0.2, 0.25) is 5.91 Å². The number of nitrogens with zero attached hydrogens (tertiary/aromatic N) is 1. The molecule has 0 saturated carbocycles. The molecule has 1 fully saturated rings. The molecule has 1 heterocycles. The lowest BCUT2D eigenvalue weighted by molar-refractivity contribution is -0.150. The molecular formula is C16H22N2O2S. The maximum atomic E-state index is 12.8. The van der Waals surface area contributed by atoms with Crippen LogP contribution in [0.15, 0.2) is 30.3 Å². The summed E-state index contributed by atoms with van der Waals surface area (Å²) in [6.07, 6.45) is 0. The van der Waals surface area contributed by atoms with Crippen LogP contribution in [-0.4, -0.2) is 40.3 Å². The second kappa shape index (κ2) is 6.98. The van der Waals surface area contributed by atoms with Crippen LogP contribution in [-0.2, 0) is 9.59 Å². The van der Waals surface area contributed by atoms with Crippen LogP contribution >= 0.6 is 11.8 Å². The summed E-state index contributed by atoms with van der Waals surface area (Å²) >= 11 is 1.79. The van der Waals surface area contributed by atoms with E-state index in [0.29, 0.717) is 0 Å². The van der Waals surface area contributed by atoms with Crippen molar-refractivity contribution in [2.45, 2.75) is 38.9 Å². The first-order valence-corrected chi connectivity index (χ1v) is 8.47. The van der Waals surface area contributed by atoms with E-state index in [9.17, 15) is 9.59 Å². The molecule has 1 N–H and O–H groups in total. The van der Waals surface area contributed by atoms with Gasteiger partial charge in [-0.15, -0.1) is 0 Å². The Labute approximate surface area is 130 Å². The van der Waals surface area contributed by atoms with Crippen molar-refractivity contribution in [3.63, 3.8) is 0 Å². The minimum absolute atomic E-state index is 0.0162. The molecule has 3 atom stereocenters. The van der Waals surface area contributed by atoms with Crippen molar-refractivity contribution in [1.29, 1.82) is 0 Å². The first kappa shape index (κ1) is 15.9. The van der Waals surface area contributed by atoms with Gasteiger partial charge in [-0.05, 0) is 25.2 Å². The zero-order valence-electron chi connectivity index (χ0n) is 12.7. The van der Waals surface area contributed by atoms with E-state index < -0.39 is 12.1 Å². The number of amides is 2. The second-order valence-electron chi connectivity index (χ2n) is 5.28. The summed E-state index contributed by atoms with van der Waals surface area (Å²) in [6.45, 7) is 5.90. The van der Waals surface area contributed by atoms with Crippen LogP contribution < -0.4 is 5.32 Å². The maximum absolute atomic E-state index is 12.8. The van der Waals surface area contributed by atoms with Crippen molar-refractivity contribution >= 4 is 23.6 Å². The summed E-state index contributed by atoms with van der Waals surface area (Å²) in [4.78, 5) is 26.7.